The van der Waals surface area contributed by atoms with Gasteiger partial charge in [-0.1, -0.05) is 11.6 Å². The topological polar surface area (TPSA) is 92.5 Å². The summed E-state index contributed by atoms with van der Waals surface area (Å²) in [6, 6.07) is 7.26. The van der Waals surface area contributed by atoms with Gasteiger partial charge in [-0.2, -0.15) is 0 Å². The lowest BCUT2D eigenvalue weighted by atomic mass is 9.99. The average molecular weight is 461 g/mol. The summed E-state index contributed by atoms with van der Waals surface area (Å²) in [4.78, 5) is 29.6. The first-order valence-corrected chi connectivity index (χ1v) is 10.8. The van der Waals surface area contributed by atoms with Gasteiger partial charge in [0.25, 0.3) is 11.7 Å². The number of aliphatic hydroxyl groups excluding tert-OH is 1. The molecule has 1 amide bonds. The second kappa shape index (κ2) is 9.77. The van der Waals surface area contributed by atoms with Crippen LogP contribution in [-0.4, -0.2) is 73.1 Å². The molecular weight excluding hydrogens is 436 g/mol. The minimum absolute atomic E-state index is 0.0162. The zero-order valence-corrected chi connectivity index (χ0v) is 18.5. The van der Waals surface area contributed by atoms with Crippen molar-refractivity contribution >= 4 is 29.1 Å². The molecule has 9 heteroatoms. The molecule has 1 aromatic carbocycles. The second-order valence-corrected chi connectivity index (χ2v) is 8.07. The molecule has 170 valence electrons. The number of ether oxygens (including phenoxy) is 2. The fourth-order valence-corrected chi connectivity index (χ4v) is 4.37. The van der Waals surface area contributed by atoms with Gasteiger partial charge >= 0.3 is 0 Å². The largest absolute Gasteiger partial charge is 0.507 e. The van der Waals surface area contributed by atoms with Crippen molar-refractivity contribution < 1.29 is 28.6 Å². The number of carbonyl (C=O) groups is 2. The highest BCUT2D eigenvalue weighted by Gasteiger charge is 2.47. The molecule has 0 bridgehead atoms. The number of morpholine rings is 1. The van der Waals surface area contributed by atoms with Crippen LogP contribution in [0, 0.1) is 0 Å². The lowest BCUT2D eigenvalue weighted by Gasteiger charge is -2.28. The Bertz CT molecular complexity index is 1010. The predicted octanol–water partition coefficient (Wildman–Crippen LogP) is 3.09. The standard InChI is InChI=1S/C23H25ClN2O6/c1-30-17-6-5-15(14-16(17)24)21(27)19-20(18-4-2-11-32-18)26(23(29)22(19)28)8-3-7-25-9-12-31-13-10-25/h2,4-6,11,14,20,27H,3,7-10,12-13H2,1H3/b21-19+/t20-/m0/s1. The number of rotatable bonds is 7. The Hall–Kier alpha value is -2.81. The van der Waals surface area contributed by atoms with Crippen LogP contribution in [0.3, 0.4) is 0 Å². The van der Waals surface area contributed by atoms with E-state index in [4.69, 9.17) is 25.5 Å². The number of hydrogen-bond acceptors (Lipinski definition) is 7. The third kappa shape index (κ3) is 4.39. The van der Waals surface area contributed by atoms with Crippen LogP contribution >= 0.6 is 11.6 Å². The van der Waals surface area contributed by atoms with Crippen LogP contribution in [0.25, 0.3) is 5.76 Å². The van der Waals surface area contributed by atoms with Gasteiger partial charge in [0.1, 0.15) is 23.3 Å². The molecule has 3 heterocycles. The summed E-state index contributed by atoms with van der Waals surface area (Å²) in [6.07, 6.45) is 2.16. The number of benzene rings is 1. The normalized spacial score (nSPS) is 21.3. The number of carbonyl (C=O) groups excluding carboxylic acids is 2. The van der Waals surface area contributed by atoms with Crippen molar-refractivity contribution in [2.75, 3.05) is 46.5 Å². The van der Waals surface area contributed by atoms with Gasteiger partial charge in [0, 0.05) is 31.7 Å². The average Bonchev–Trinajstić information content (AvgIpc) is 3.42. The Morgan fingerprint density at radius 3 is 2.66 bits per heavy atom. The third-order valence-corrected chi connectivity index (χ3v) is 6.05. The van der Waals surface area contributed by atoms with Crippen LogP contribution < -0.4 is 4.74 Å². The van der Waals surface area contributed by atoms with Gasteiger partial charge in [0.05, 0.1) is 37.2 Å². The van der Waals surface area contributed by atoms with Crippen LogP contribution in [-0.2, 0) is 14.3 Å². The fraction of sp³-hybridized carbons (Fsp3) is 0.391. The second-order valence-electron chi connectivity index (χ2n) is 7.66. The van der Waals surface area contributed by atoms with E-state index in [1.165, 1.54) is 24.3 Å². The molecule has 0 unspecified atom stereocenters. The van der Waals surface area contributed by atoms with E-state index in [1.54, 1.807) is 24.3 Å². The number of likely N-dealkylation sites (tertiary alicyclic amines) is 1. The minimum atomic E-state index is -0.810. The molecule has 0 spiro atoms. The van der Waals surface area contributed by atoms with Gasteiger partial charge in [-0.05, 0) is 36.8 Å². The summed E-state index contributed by atoms with van der Waals surface area (Å²) in [6.45, 7) is 4.22. The van der Waals surface area contributed by atoms with Gasteiger partial charge in [-0.15, -0.1) is 0 Å². The lowest BCUT2D eigenvalue weighted by molar-refractivity contribution is -0.140. The van der Waals surface area contributed by atoms with Gasteiger partial charge < -0.3 is 23.9 Å². The molecule has 8 nitrogen and oxygen atoms in total. The zero-order chi connectivity index (χ0) is 22.7. The number of hydrogen-bond donors (Lipinski definition) is 1. The van der Waals surface area contributed by atoms with Crippen molar-refractivity contribution in [1.29, 1.82) is 0 Å². The molecule has 0 saturated carbocycles. The first kappa shape index (κ1) is 22.4. The highest BCUT2D eigenvalue weighted by molar-refractivity contribution is 6.46. The van der Waals surface area contributed by atoms with E-state index in [0.29, 0.717) is 43.3 Å². The number of Topliss-reactive ketones (excluding diaryl/α,β-unsaturated/α-hetero) is 1. The molecule has 1 atom stereocenters. The number of ketones is 1. The van der Waals surface area contributed by atoms with Crippen LogP contribution in [0.4, 0.5) is 0 Å². The van der Waals surface area contributed by atoms with E-state index < -0.39 is 17.7 Å². The summed E-state index contributed by atoms with van der Waals surface area (Å²) < 4.78 is 16.1. The van der Waals surface area contributed by atoms with E-state index in [2.05, 4.69) is 4.90 Å². The molecule has 0 aliphatic carbocycles. The number of nitrogens with zero attached hydrogens (tertiary/aromatic N) is 2. The predicted molar refractivity (Wildman–Crippen MR) is 118 cm³/mol. The Morgan fingerprint density at radius 1 is 1.22 bits per heavy atom. The third-order valence-electron chi connectivity index (χ3n) is 5.75. The highest BCUT2D eigenvalue weighted by atomic mass is 35.5. The summed E-state index contributed by atoms with van der Waals surface area (Å²) in [5.41, 5.74) is 0.302. The summed E-state index contributed by atoms with van der Waals surface area (Å²) in [7, 11) is 1.49. The van der Waals surface area contributed by atoms with Crippen molar-refractivity contribution in [2.45, 2.75) is 12.5 Å². The highest BCUT2D eigenvalue weighted by Crippen LogP contribution is 2.40. The zero-order valence-electron chi connectivity index (χ0n) is 17.8. The maximum atomic E-state index is 13.0. The number of furan rings is 1. The van der Waals surface area contributed by atoms with E-state index in [0.717, 1.165) is 19.6 Å². The van der Waals surface area contributed by atoms with E-state index in [9.17, 15) is 14.7 Å². The fourth-order valence-electron chi connectivity index (χ4n) is 4.11. The molecule has 32 heavy (non-hydrogen) atoms. The van der Waals surface area contributed by atoms with Gasteiger partial charge in [0.2, 0.25) is 0 Å². The number of halogens is 1. The first-order valence-electron chi connectivity index (χ1n) is 10.5. The Kier molecular flexibility index (Phi) is 6.83. The van der Waals surface area contributed by atoms with Crippen LogP contribution in [0.15, 0.2) is 46.6 Å². The quantitative estimate of drug-likeness (QED) is 0.385. The number of amides is 1. The first-order chi connectivity index (χ1) is 15.5. The van der Waals surface area contributed by atoms with E-state index in [1.807, 2.05) is 0 Å². The molecule has 2 saturated heterocycles. The summed E-state index contributed by atoms with van der Waals surface area (Å²) >= 11 is 6.20. The Labute approximate surface area is 190 Å². The van der Waals surface area contributed by atoms with Crippen LogP contribution in [0.1, 0.15) is 23.8 Å². The van der Waals surface area contributed by atoms with Gasteiger partial charge in [0.15, 0.2) is 0 Å². The molecule has 1 N–H and O–H groups in total. The van der Waals surface area contributed by atoms with Crippen molar-refractivity contribution in [1.82, 2.24) is 9.80 Å². The number of aliphatic hydroxyl groups is 1. The molecule has 1 aromatic heterocycles. The van der Waals surface area contributed by atoms with E-state index in [-0.39, 0.29) is 16.4 Å². The van der Waals surface area contributed by atoms with Crippen LogP contribution in [0.5, 0.6) is 5.75 Å². The monoisotopic (exact) mass is 460 g/mol. The number of methoxy groups -OCH3 is 1. The smallest absolute Gasteiger partial charge is 0.295 e. The van der Waals surface area contributed by atoms with Gasteiger partial charge in [-0.25, -0.2) is 0 Å². The van der Waals surface area contributed by atoms with Crippen molar-refractivity contribution in [3.05, 3.63) is 58.5 Å². The molecule has 2 fully saturated rings. The van der Waals surface area contributed by atoms with E-state index >= 15 is 0 Å². The molecular formula is C23H25ClN2O6. The van der Waals surface area contributed by atoms with Gasteiger partial charge in [-0.3, -0.25) is 14.5 Å². The summed E-state index contributed by atoms with van der Waals surface area (Å²) in [5, 5.41) is 11.3. The Balaban J connectivity index is 1.63. The molecule has 2 aromatic rings. The summed E-state index contributed by atoms with van der Waals surface area (Å²) in [5.74, 6) is -0.854. The maximum absolute atomic E-state index is 13.0. The van der Waals surface area contributed by atoms with Crippen molar-refractivity contribution in [2.24, 2.45) is 0 Å². The minimum Gasteiger partial charge on any atom is -0.507 e. The lowest BCUT2D eigenvalue weighted by Crippen LogP contribution is -2.38. The van der Waals surface area contributed by atoms with Crippen molar-refractivity contribution in [3.8, 4) is 5.75 Å². The van der Waals surface area contributed by atoms with Crippen molar-refractivity contribution in [3.63, 3.8) is 0 Å². The molecule has 2 aliphatic rings. The molecule has 4 rings (SSSR count). The Morgan fingerprint density at radius 2 is 2.00 bits per heavy atom. The molecule has 0 radical (unpaired) electrons. The maximum Gasteiger partial charge on any atom is 0.295 e. The molecule has 2 aliphatic heterocycles. The van der Waals surface area contributed by atoms with Crippen LogP contribution in [0.2, 0.25) is 5.02 Å². The SMILES string of the molecule is COc1ccc(/C(O)=C2\C(=O)C(=O)N(CCCN3CCOCC3)[C@H]2c2ccco2)cc1Cl.